The molecule has 1 amide bonds. The molecule has 1 aromatic carbocycles. The van der Waals surface area contributed by atoms with Gasteiger partial charge in [0, 0.05) is 35.5 Å². The topological polar surface area (TPSA) is 110 Å². The third-order valence-electron chi connectivity index (χ3n) is 6.89. The minimum Gasteiger partial charge on any atom is -0.493 e. The quantitative estimate of drug-likeness (QED) is 0.357. The van der Waals surface area contributed by atoms with Crippen molar-refractivity contribution < 1.29 is 19.0 Å². The summed E-state index contributed by atoms with van der Waals surface area (Å²) in [5.74, 6) is 1.14. The molecule has 36 heavy (non-hydrogen) atoms. The second-order valence-corrected chi connectivity index (χ2v) is 9.59. The molecule has 0 bridgehead atoms. The number of H-pyrrole nitrogens is 1. The number of carbonyl (C=O) groups is 1. The zero-order chi connectivity index (χ0) is 24.4. The molecule has 2 atom stereocenters. The van der Waals surface area contributed by atoms with Crippen molar-refractivity contribution in [1.29, 1.82) is 0 Å². The molecule has 0 spiro atoms. The van der Waals surface area contributed by atoms with Gasteiger partial charge < -0.3 is 29.8 Å². The van der Waals surface area contributed by atoms with Gasteiger partial charge in [0.2, 0.25) is 5.88 Å². The van der Waals surface area contributed by atoms with E-state index in [-0.39, 0.29) is 24.0 Å². The van der Waals surface area contributed by atoms with Crippen molar-refractivity contribution in [3.63, 3.8) is 0 Å². The molecule has 0 unspecified atom stereocenters. The average molecular weight is 504 g/mol. The Morgan fingerprint density at radius 3 is 2.89 bits per heavy atom. The average Bonchev–Trinajstić information content (AvgIpc) is 3.53. The van der Waals surface area contributed by atoms with Crippen molar-refractivity contribution in [2.45, 2.75) is 24.5 Å². The summed E-state index contributed by atoms with van der Waals surface area (Å²) in [6, 6.07) is 11.2. The molecule has 1 aliphatic carbocycles. The summed E-state index contributed by atoms with van der Waals surface area (Å²) in [5.41, 5.74) is 5.74. The predicted molar refractivity (Wildman–Crippen MR) is 134 cm³/mol. The standard InChI is InChI=1S/C26H22ClN5O4/c1-34-25-15(27)3-2-4-17(25)29-24-20-22(14-9-18(14)30-26(20)33)32-23(24)13-7-8-28-16-5-6-19(31-21(13)16)36-12-10-35-11-12/h2-8,12,14,18,29,32H,9-11H2,1H3,(H,30,33)/t14-,18+/m1/s1. The molecule has 4 aromatic rings. The molecular weight excluding hydrogens is 482 g/mol. The lowest BCUT2D eigenvalue weighted by Gasteiger charge is -2.26. The Bertz CT molecular complexity index is 1530. The molecule has 3 aliphatic rings. The van der Waals surface area contributed by atoms with E-state index in [2.05, 4.69) is 20.6 Å². The van der Waals surface area contributed by atoms with Gasteiger partial charge >= 0.3 is 0 Å². The molecule has 10 heteroatoms. The maximum absolute atomic E-state index is 13.2. The fourth-order valence-corrected chi connectivity index (χ4v) is 5.20. The van der Waals surface area contributed by atoms with Crippen LogP contribution < -0.4 is 20.1 Å². The summed E-state index contributed by atoms with van der Waals surface area (Å²) in [6.45, 7) is 1.10. The first-order chi connectivity index (χ1) is 17.6. The summed E-state index contributed by atoms with van der Waals surface area (Å²) in [7, 11) is 1.57. The van der Waals surface area contributed by atoms with Gasteiger partial charge in [0.25, 0.3) is 5.91 Å². The Morgan fingerprint density at radius 2 is 2.08 bits per heavy atom. The number of halogens is 1. The minimum atomic E-state index is -0.116. The van der Waals surface area contributed by atoms with E-state index in [0.717, 1.165) is 28.9 Å². The Balaban J connectivity index is 1.41. The molecule has 2 fully saturated rings. The Hall–Kier alpha value is -3.82. The third kappa shape index (κ3) is 3.38. The number of amides is 1. The van der Waals surface area contributed by atoms with Gasteiger partial charge in [0.1, 0.15) is 11.6 Å². The van der Waals surface area contributed by atoms with Crippen LogP contribution in [0.4, 0.5) is 11.4 Å². The van der Waals surface area contributed by atoms with Crippen molar-refractivity contribution in [2.24, 2.45) is 0 Å². The van der Waals surface area contributed by atoms with E-state index in [1.54, 1.807) is 19.4 Å². The maximum atomic E-state index is 13.2. The highest BCUT2D eigenvalue weighted by molar-refractivity contribution is 6.32. The first-order valence-corrected chi connectivity index (χ1v) is 12.2. The first-order valence-electron chi connectivity index (χ1n) is 11.8. The van der Waals surface area contributed by atoms with Gasteiger partial charge in [-0.3, -0.25) is 9.78 Å². The molecule has 9 nitrogen and oxygen atoms in total. The number of methoxy groups -OCH3 is 1. The number of benzene rings is 1. The second-order valence-electron chi connectivity index (χ2n) is 9.18. The molecule has 182 valence electrons. The number of para-hydroxylation sites is 1. The Kier molecular flexibility index (Phi) is 4.83. The van der Waals surface area contributed by atoms with Crippen LogP contribution >= 0.6 is 11.6 Å². The summed E-state index contributed by atoms with van der Waals surface area (Å²) < 4.78 is 16.7. The monoisotopic (exact) mass is 503 g/mol. The van der Waals surface area contributed by atoms with Gasteiger partial charge in [-0.05, 0) is 30.7 Å². The van der Waals surface area contributed by atoms with Crippen LogP contribution in [0.2, 0.25) is 5.02 Å². The third-order valence-corrected chi connectivity index (χ3v) is 7.18. The van der Waals surface area contributed by atoms with Gasteiger partial charge in [-0.1, -0.05) is 17.7 Å². The van der Waals surface area contributed by atoms with Crippen LogP contribution in [0.5, 0.6) is 11.6 Å². The number of pyridine rings is 2. The number of fused-ring (bicyclic) bond motifs is 4. The molecule has 1 saturated heterocycles. The van der Waals surface area contributed by atoms with Crippen LogP contribution in [0.15, 0.2) is 42.6 Å². The second kappa shape index (κ2) is 8.11. The zero-order valence-electron chi connectivity index (χ0n) is 19.3. The Morgan fingerprint density at radius 1 is 1.19 bits per heavy atom. The van der Waals surface area contributed by atoms with Crippen molar-refractivity contribution in [3.05, 3.63) is 58.9 Å². The van der Waals surface area contributed by atoms with Crippen molar-refractivity contribution >= 4 is 39.9 Å². The van der Waals surface area contributed by atoms with Crippen LogP contribution in [0.3, 0.4) is 0 Å². The fourth-order valence-electron chi connectivity index (χ4n) is 4.95. The van der Waals surface area contributed by atoms with Crippen molar-refractivity contribution in [3.8, 4) is 22.9 Å². The number of hydrogen-bond donors (Lipinski definition) is 3. The number of anilines is 2. The largest absolute Gasteiger partial charge is 0.493 e. The molecular formula is C26H22ClN5O4. The highest BCUT2D eigenvalue weighted by Gasteiger charge is 2.48. The molecule has 5 heterocycles. The molecule has 3 aromatic heterocycles. The SMILES string of the molecule is COc1c(Cl)cccc1Nc1c(-c2ccnc3ccc(OC4COC4)nc23)[nH]c2c1C(=O)N[C@H]1C[C@@H]21. The molecule has 3 N–H and O–H groups in total. The molecule has 0 radical (unpaired) electrons. The van der Waals surface area contributed by atoms with E-state index in [1.807, 2.05) is 30.3 Å². The van der Waals surface area contributed by atoms with E-state index in [0.29, 0.717) is 52.3 Å². The summed E-state index contributed by atoms with van der Waals surface area (Å²) in [4.78, 5) is 26.0. The fraction of sp³-hybridized carbons (Fsp3) is 0.269. The zero-order valence-corrected chi connectivity index (χ0v) is 20.1. The number of aromatic nitrogens is 3. The smallest absolute Gasteiger partial charge is 0.255 e. The van der Waals surface area contributed by atoms with Gasteiger partial charge in [-0.2, -0.15) is 0 Å². The number of nitrogens with one attached hydrogen (secondary N) is 3. The van der Waals surface area contributed by atoms with E-state index in [9.17, 15) is 4.79 Å². The number of hydrogen-bond acceptors (Lipinski definition) is 7. The van der Waals surface area contributed by atoms with E-state index in [1.165, 1.54) is 0 Å². The van der Waals surface area contributed by atoms with Gasteiger partial charge in [-0.15, -0.1) is 0 Å². The number of carbonyl (C=O) groups excluding carboxylic acids is 1. The number of nitrogens with zero attached hydrogens (tertiary/aromatic N) is 2. The number of ether oxygens (including phenoxy) is 3. The van der Waals surface area contributed by atoms with Crippen LogP contribution in [0, 0.1) is 0 Å². The molecule has 7 rings (SSSR count). The normalized spacial score (nSPS) is 20.2. The lowest BCUT2D eigenvalue weighted by molar-refractivity contribution is -0.0812. The Labute approximate surface area is 211 Å². The van der Waals surface area contributed by atoms with E-state index in [4.69, 9.17) is 30.8 Å². The lowest BCUT2D eigenvalue weighted by Crippen LogP contribution is -2.38. The van der Waals surface area contributed by atoms with Crippen LogP contribution in [0.1, 0.15) is 28.4 Å². The predicted octanol–water partition coefficient (Wildman–Crippen LogP) is 4.41. The number of rotatable bonds is 6. The first kappa shape index (κ1) is 21.5. The van der Waals surface area contributed by atoms with E-state index >= 15 is 0 Å². The van der Waals surface area contributed by atoms with Gasteiger partial charge in [0.05, 0.1) is 53.5 Å². The lowest BCUT2D eigenvalue weighted by atomic mass is 10.0. The summed E-state index contributed by atoms with van der Waals surface area (Å²) in [6.07, 6.45) is 2.65. The molecule has 1 saturated carbocycles. The minimum absolute atomic E-state index is 0.00381. The number of aromatic amines is 1. The highest BCUT2D eigenvalue weighted by Crippen LogP contribution is 2.51. The maximum Gasteiger partial charge on any atom is 0.255 e. The van der Waals surface area contributed by atoms with Crippen molar-refractivity contribution in [2.75, 3.05) is 25.6 Å². The van der Waals surface area contributed by atoms with Crippen molar-refractivity contribution in [1.82, 2.24) is 20.3 Å². The van der Waals surface area contributed by atoms with Crippen LogP contribution in [-0.4, -0.2) is 53.3 Å². The highest BCUT2D eigenvalue weighted by atomic mass is 35.5. The van der Waals surface area contributed by atoms with E-state index < -0.39 is 0 Å². The van der Waals surface area contributed by atoms with Crippen LogP contribution in [0.25, 0.3) is 22.3 Å². The van der Waals surface area contributed by atoms with Gasteiger partial charge in [0.15, 0.2) is 5.75 Å². The van der Waals surface area contributed by atoms with Crippen LogP contribution in [-0.2, 0) is 4.74 Å². The molecule has 2 aliphatic heterocycles. The van der Waals surface area contributed by atoms with Gasteiger partial charge in [-0.25, -0.2) is 4.98 Å². The summed E-state index contributed by atoms with van der Waals surface area (Å²) in [5, 5.41) is 7.02. The summed E-state index contributed by atoms with van der Waals surface area (Å²) >= 11 is 6.39.